The summed E-state index contributed by atoms with van der Waals surface area (Å²) in [4.78, 5) is 28.9. The highest BCUT2D eigenvalue weighted by Gasteiger charge is 2.21. The molecular formula is C40H53F2N3O2. The van der Waals surface area contributed by atoms with Crippen LogP contribution in [0.4, 0.5) is 8.78 Å². The van der Waals surface area contributed by atoms with Gasteiger partial charge in [0.15, 0.2) is 0 Å². The molecule has 1 unspecified atom stereocenters. The van der Waals surface area contributed by atoms with Crippen LogP contribution < -0.4 is 10.6 Å². The zero-order chi connectivity index (χ0) is 33.6. The van der Waals surface area contributed by atoms with Gasteiger partial charge in [-0.15, -0.1) is 0 Å². The number of halogens is 2. The summed E-state index contributed by atoms with van der Waals surface area (Å²) in [5, 5.41) is 6.89. The zero-order valence-corrected chi connectivity index (χ0v) is 28.5. The molecule has 0 bridgehead atoms. The number of aryl methyl sites for hydroxylation is 1. The fraction of sp³-hybridized carbons (Fsp3) is 0.500. The van der Waals surface area contributed by atoms with E-state index in [9.17, 15) is 18.4 Å². The Balaban J connectivity index is 1.49. The van der Waals surface area contributed by atoms with E-state index in [-0.39, 0.29) is 30.3 Å². The van der Waals surface area contributed by atoms with Crippen LogP contribution in [0.5, 0.6) is 0 Å². The Labute approximate surface area is 280 Å². The second kappa shape index (κ2) is 18.7. The highest BCUT2D eigenvalue weighted by Crippen LogP contribution is 2.30. The van der Waals surface area contributed by atoms with Gasteiger partial charge in [-0.2, -0.15) is 0 Å². The first kappa shape index (κ1) is 36.3. The van der Waals surface area contributed by atoms with Crippen LogP contribution >= 0.6 is 0 Å². The molecule has 3 aromatic carbocycles. The Morgan fingerprint density at radius 3 is 2.17 bits per heavy atom. The van der Waals surface area contributed by atoms with Gasteiger partial charge >= 0.3 is 0 Å². The van der Waals surface area contributed by atoms with Crippen LogP contribution in [0, 0.1) is 24.5 Å². The Kier molecular flexibility index (Phi) is 14.4. The van der Waals surface area contributed by atoms with E-state index in [1.165, 1.54) is 56.2 Å². The van der Waals surface area contributed by atoms with Crippen molar-refractivity contribution in [3.8, 4) is 0 Å². The van der Waals surface area contributed by atoms with Gasteiger partial charge in [0.1, 0.15) is 11.6 Å². The van der Waals surface area contributed by atoms with Crippen molar-refractivity contribution in [1.29, 1.82) is 0 Å². The molecule has 7 heteroatoms. The van der Waals surface area contributed by atoms with Crippen LogP contribution in [0.15, 0.2) is 66.7 Å². The van der Waals surface area contributed by atoms with E-state index < -0.39 is 11.6 Å². The third-order valence-corrected chi connectivity index (χ3v) is 9.27. The van der Waals surface area contributed by atoms with E-state index in [0.717, 1.165) is 36.8 Å². The van der Waals surface area contributed by atoms with Gasteiger partial charge in [-0.3, -0.25) is 9.59 Å². The normalized spacial score (nSPS) is 14.8. The summed E-state index contributed by atoms with van der Waals surface area (Å²) in [5.74, 6) is -0.892. The summed E-state index contributed by atoms with van der Waals surface area (Å²) in [6.45, 7) is 7.91. The molecular weight excluding hydrogens is 592 g/mol. The average Bonchev–Trinajstić information content (AvgIpc) is 3.06. The molecule has 5 nitrogen and oxygen atoms in total. The molecule has 0 saturated heterocycles. The fourth-order valence-corrected chi connectivity index (χ4v) is 6.96. The number of hydrogen-bond donors (Lipinski definition) is 2. The fourth-order valence-electron chi connectivity index (χ4n) is 6.96. The number of benzene rings is 3. The van der Waals surface area contributed by atoms with Gasteiger partial charge in [-0.1, -0.05) is 76.3 Å². The molecule has 0 aliphatic heterocycles. The first-order valence-corrected chi connectivity index (χ1v) is 17.7. The van der Waals surface area contributed by atoms with Crippen molar-refractivity contribution in [2.24, 2.45) is 5.92 Å². The molecule has 3 aromatic rings. The van der Waals surface area contributed by atoms with Crippen molar-refractivity contribution in [1.82, 2.24) is 15.5 Å². The molecule has 254 valence electrons. The molecule has 47 heavy (non-hydrogen) atoms. The number of rotatable bonds is 17. The van der Waals surface area contributed by atoms with Crippen LogP contribution in [0.3, 0.4) is 0 Å². The molecule has 0 heterocycles. The summed E-state index contributed by atoms with van der Waals surface area (Å²) in [5.41, 5.74) is 3.45. The number of amides is 2. The maximum absolute atomic E-state index is 14.2. The van der Waals surface area contributed by atoms with Gasteiger partial charge in [-0.25, -0.2) is 8.78 Å². The lowest BCUT2D eigenvalue weighted by atomic mass is 9.84. The number of carbonyl (C=O) groups excluding carboxylic acids is 2. The van der Waals surface area contributed by atoms with Crippen molar-refractivity contribution in [2.75, 3.05) is 19.6 Å². The molecule has 0 spiro atoms. The van der Waals surface area contributed by atoms with Crippen molar-refractivity contribution in [3.63, 3.8) is 0 Å². The monoisotopic (exact) mass is 645 g/mol. The van der Waals surface area contributed by atoms with E-state index in [0.29, 0.717) is 42.7 Å². The maximum Gasteiger partial charge on any atom is 0.253 e. The third kappa shape index (κ3) is 11.6. The Hall–Kier alpha value is -3.58. The van der Waals surface area contributed by atoms with E-state index >= 15 is 0 Å². The molecule has 1 saturated carbocycles. The van der Waals surface area contributed by atoms with E-state index in [2.05, 4.69) is 34.9 Å². The first-order chi connectivity index (χ1) is 22.7. The van der Waals surface area contributed by atoms with Crippen molar-refractivity contribution in [3.05, 3.63) is 106 Å². The lowest BCUT2D eigenvalue weighted by molar-refractivity contribution is 0.0755. The Bertz CT molecular complexity index is 1400. The highest BCUT2D eigenvalue weighted by molar-refractivity contribution is 6.00. The summed E-state index contributed by atoms with van der Waals surface area (Å²) < 4.78 is 28.3. The maximum atomic E-state index is 14.2. The molecule has 4 rings (SSSR count). The number of nitrogens with one attached hydrogen (secondary N) is 2. The molecule has 2 atom stereocenters. The molecule has 0 radical (unpaired) electrons. The largest absolute Gasteiger partial charge is 0.349 e. The van der Waals surface area contributed by atoms with Gasteiger partial charge in [0.05, 0.1) is 0 Å². The third-order valence-electron chi connectivity index (χ3n) is 9.27. The van der Waals surface area contributed by atoms with Gasteiger partial charge < -0.3 is 15.5 Å². The minimum Gasteiger partial charge on any atom is -0.349 e. The minimum atomic E-state index is -0.638. The van der Waals surface area contributed by atoms with Crippen LogP contribution in [0.25, 0.3) is 0 Å². The number of hydrogen-bond acceptors (Lipinski definition) is 3. The van der Waals surface area contributed by atoms with Gasteiger partial charge in [0.2, 0.25) is 0 Å². The summed E-state index contributed by atoms with van der Waals surface area (Å²) in [6.07, 6.45) is 11.4. The van der Waals surface area contributed by atoms with Crippen molar-refractivity contribution >= 4 is 11.8 Å². The van der Waals surface area contributed by atoms with Gasteiger partial charge in [-0.05, 0) is 105 Å². The minimum absolute atomic E-state index is 0.0809. The molecule has 1 fully saturated rings. The molecule has 2 amide bonds. The lowest BCUT2D eigenvalue weighted by Crippen LogP contribution is -2.39. The van der Waals surface area contributed by atoms with Crippen LogP contribution in [-0.2, 0) is 6.42 Å². The lowest BCUT2D eigenvalue weighted by Gasteiger charge is -2.26. The summed E-state index contributed by atoms with van der Waals surface area (Å²) in [6, 6.07) is 19.1. The molecule has 1 aliphatic rings. The quantitative estimate of drug-likeness (QED) is 0.154. The highest BCUT2D eigenvalue weighted by atomic mass is 19.1. The van der Waals surface area contributed by atoms with Gasteiger partial charge in [0, 0.05) is 42.4 Å². The topological polar surface area (TPSA) is 61.4 Å². The predicted molar refractivity (Wildman–Crippen MR) is 187 cm³/mol. The average molecular weight is 646 g/mol. The second-order valence-corrected chi connectivity index (χ2v) is 13.3. The van der Waals surface area contributed by atoms with Gasteiger partial charge in [0.25, 0.3) is 11.8 Å². The van der Waals surface area contributed by atoms with Crippen LogP contribution in [0.2, 0.25) is 0 Å². The predicted octanol–water partition coefficient (Wildman–Crippen LogP) is 8.96. The Morgan fingerprint density at radius 2 is 1.51 bits per heavy atom. The number of nitrogens with zero attached hydrogens (tertiary/aromatic N) is 1. The molecule has 0 aromatic heterocycles. The zero-order valence-electron chi connectivity index (χ0n) is 28.5. The van der Waals surface area contributed by atoms with Crippen LogP contribution in [0.1, 0.15) is 122 Å². The number of carbonyl (C=O) groups is 2. The smallest absolute Gasteiger partial charge is 0.253 e. The second-order valence-electron chi connectivity index (χ2n) is 13.3. The van der Waals surface area contributed by atoms with Crippen LogP contribution in [-0.4, -0.2) is 42.4 Å². The van der Waals surface area contributed by atoms with E-state index in [4.69, 9.17) is 0 Å². The summed E-state index contributed by atoms with van der Waals surface area (Å²) in [7, 11) is 0. The van der Waals surface area contributed by atoms with E-state index in [1.807, 2.05) is 37.8 Å². The Morgan fingerprint density at radius 1 is 0.851 bits per heavy atom. The standard InChI is InChI=1S/C40H53F2N3O2/c1-4-20-45(21-5-2)40(47)34-23-29(3)22-33(27-34)39(46)44-37(26-31-24-35(41)28-36(42)25-31)18-19-43-38(32-14-10-7-11-15-32)17-16-30-12-8-6-9-13-30/h7,10-11,14-15,22-25,27-28,30,37-38,43H,4-6,8-9,12-13,16-21,26H2,1-3H3,(H,44,46)/t37-,38?/m1/s1. The summed E-state index contributed by atoms with van der Waals surface area (Å²) >= 11 is 0. The van der Waals surface area contributed by atoms with E-state index in [1.54, 1.807) is 12.1 Å². The SMILES string of the molecule is CCCN(CCC)C(=O)c1cc(C)cc(C(=O)N[C@H](CCNC(CCC2CCCCC2)c2ccccc2)Cc2cc(F)cc(F)c2)c1. The van der Waals surface area contributed by atoms with Crippen molar-refractivity contribution < 1.29 is 18.4 Å². The first-order valence-electron chi connectivity index (χ1n) is 17.7. The van der Waals surface area contributed by atoms with Crippen molar-refractivity contribution in [2.45, 2.75) is 103 Å². The molecule has 1 aliphatic carbocycles. The molecule has 2 N–H and O–H groups in total.